The third-order valence-electron chi connectivity index (χ3n) is 3.24. The topological polar surface area (TPSA) is 177 Å². The van der Waals surface area contributed by atoms with E-state index in [1.807, 2.05) is 22.6 Å². The molecule has 0 aliphatic heterocycles. The zero-order valence-electron chi connectivity index (χ0n) is 15.1. The molecule has 12 nitrogen and oxygen atoms in total. The highest BCUT2D eigenvalue weighted by molar-refractivity contribution is 14.1. The zero-order chi connectivity index (χ0) is 23.4. The fourth-order valence-corrected chi connectivity index (χ4v) is 7.04. The SMILES string of the molecule is CC(=O)N(C)c1c(I)c(NC(=O)COS(=O)(=O)OCC(=O)O)c(I)c(C(=O)O)c1I. The van der Waals surface area contributed by atoms with Gasteiger partial charge in [-0.05, 0) is 67.8 Å². The van der Waals surface area contributed by atoms with Crippen molar-refractivity contribution in [3.05, 3.63) is 16.3 Å². The second-order valence-corrected chi connectivity index (χ2v) is 9.82. The Morgan fingerprint density at radius 3 is 2.00 bits per heavy atom. The summed E-state index contributed by atoms with van der Waals surface area (Å²) in [5.41, 5.74) is 0.123. The third kappa shape index (κ3) is 7.10. The van der Waals surface area contributed by atoms with Crippen molar-refractivity contribution in [2.75, 3.05) is 30.5 Å². The van der Waals surface area contributed by atoms with Crippen molar-refractivity contribution < 1.29 is 46.2 Å². The van der Waals surface area contributed by atoms with Gasteiger partial charge in [-0.2, -0.15) is 8.42 Å². The number of carboxylic acid groups (broad SMARTS) is 2. The predicted octanol–water partition coefficient (Wildman–Crippen LogP) is 1.48. The highest BCUT2D eigenvalue weighted by Gasteiger charge is 2.28. The van der Waals surface area contributed by atoms with Crippen LogP contribution in [0, 0.1) is 10.7 Å². The fourth-order valence-electron chi connectivity index (χ4n) is 1.86. The van der Waals surface area contributed by atoms with E-state index in [1.54, 1.807) is 45.2 Å². The Labute approximate surface area is 211 Å². The van der Waals surface area contributed by atoms with Gasteiger partial charge < -0.3 is 20.4 Å². The van der Waals surface area contributed by atoms with Crippen LogP contribution in [0.5, 0.6) is 0 Å². The van der Waals surface area contributed by atoms with Gasteiger partial charge in [-0.3, -0.25) is 9.59 Å². The molecule has 0 radical (unpaired) electrons. The summed E-state index contributed by atoms with van der Waals surface area (Å²) in [6.07, 6.45) is 0. The molecule has 0 unspecified atom stereocenters. The largest absolute Gasteiger partial charge is 0.479 e. The summed E-state index contributed by atoms with van der Waals surface area (Å²) >= 11 is 5.31. The summed E-state index contributed by atoms with van der Waals surface area (Å²) < 4.78 is 31.9. The minimum atomic E-state index is -4.74. The van der Waals surface area contributed by atoms with Crippen LogP contribution in [0.25, 0.3) is 0 Å². The lowest BCUT2D eigenvalue weighted by Crippen LogP contribution is -2.28. The van der Waals surface area contributed by atoms with Crippen molar-refractivity contribution in [2.45, 2.75) is 6.92 Å². The quantitative estimate of drug-likeness (QED) is 0.312. The first kappa shape index (κ1) is 27.2. The molecular weight excluding hydrogens is 769 g/mol. The zero-order valence-corrected chi connectivity index (χ0v) is 22.4. The molecule has 1 aromatic rings. The van der Waals surface area contributed by atoms with Gasteiger partial charge in [0.05, 0.1) is 27.6 Å². The molecule has 0 saturated heterocycles. The first-order valence-electron chi connectivity index (χ1n) is 7.43. The lowest BCUT2D eigenvalue weighted by atomic mass is 10.1. The van der Waals surface area contributed by atoms with Crippen molar-refractivity contribution in [1.29, 1.82) is 0 Å². The number of aromatic carboxylic acids is 1. The molecule has 0 aliphatic rings. The summed E-state index contributed by atoms with van der Waals surface area (Å²) in [6.45, 7) is -0.960. The average molecular weight is 782 g/mol. The standard InChI is InChI=1S/C14H13I3N2O10S/c1-5(20)19(2)13-10(16)8(14(24)25)9(15)12(11(13)17)18-6(21)3-28-30(26,27)29-4-7(22)23/h3-4H2,1-2H3,(H,18,21)(H,22,23)(H,24,25). The van der Waals surface area contributed by atoms with E-state index in [-0.39, 0.29) is 30.0 Å². The number of benzene rings is 1. The molecule has 0 bridgehead atoms. The Morgan fingerprint density at radius 2 is 1.53 bits per heavy atom. The number of nitrogens with one attached hydrogen (secondary N) is 1. The third-order valence-corrected chi connectivity index (χ3v) is 7.23. The Bertz CT molecular complexity index is 1010. The number of aliphatic carboxylic acids is 1. The van der Waals surface area contributed by atoms with Gasteiger partial charge in [-0.15, -0.1) is 0 Å². The maximum absolute atomic E-state index is 12.2. The van der Waals surface area contributed by atoms with E-state index < -0.39 is 41.5 Å². The van der Waals surface area contributed by atoms with Crippen LogP contribution >= 0.6 is 67.8 Å². The first-order chi connectivity index (χ1) is 13.7. The monoisotopic (exact) mass is 782 g/mol. The summed E-state index contributed by atoms with van der Waals surface area (Å²) in [6, 6.07) is 0. The van der Waals surface area contributed by atoms with Crippen LogP contribution in [-0.4, -0.2) is 62.6 Å². The summed E-state index contributed by atoms with van der Waals surface area (Å²) in [4.78, 5) is 47.3. The Hall–Kier alpha value is -0.840. The molecular formula is C14H13I3N2O10S. The van der Waals surface area contributed by atoms with Gasteiger partial charge in [0, 0.05) is 14.0 Å². The minimum absolute atomic E-state index is 0.0366. The molecule has 2 amide bonds. The molecule has 16 heteroatoms. The Morgan fingerprint density at radius 1 is 1.00 bits per heavy atom. The highest BCUT2D eigenvalue weighted by Crippen LogP contribution is 2.40. The number of amides is 2. The Kier molecular flexibility index (Phi) is 10.1. The number of nitrogens with zero attached hydrogens (tertiary/aromatic N) is 1. The number of anilines is 2. The number of hydrogen-bond donors (Lipinski definition) is 3. The van der Waals surface area contributed by atoms with Crippen LogP contribution in [0.15, 0.2) is 0 Å². The van der Waals surface area contributed by atoms with Crippen LogP contribution in [-0.2, 0) is 33.1 Å². The highest BCUT2D eigenvalue weighted by atomic mass is 127. The molecule has 30 heavy (non-hydrogen) atoms. The van der Waals surface area contributed by atoms with Crippen LogP contribution < -0.4 is 10.2 Å². The van der Waals surface area contributed by atoms with Gasteiger partial charge in [0.2, 0.25) is 5.91 Å². The molecule has 0 aromatic heterocycles. The van der Waals surface area contributed by atoms with E-state index in [1.165, 1.54) is 18.9 Å². The first-order valence-corrected chi connectivity index (χ1v) is 12.0. The molecule has 0 spiro atoms. The molecule has 1 aromatic carbocycles. The van der Waals surface area contributed by atoms with Gasteiger partial charge in [0.25, 0.3) is 5.91 Å². The number of carbonyl (C=O) groups is 4. The molecule has 0 aliphatic carbocycles. The van der Waals surface area contributed by atoms with E-state index in [0.717, 1.165) is 0 Å². The second-order valence-electron chi connectivity index (χ2n) is 5.30. The van der Waals surface area contributed by atoms with Crippen LogP contribution in [0.1, 0.15) is 17.3 Å². The van der Waals surface area contributed by atoms with E-state index in [0.29, 0.717) is 3.57 Å². The second kappa shape index (κ2) is 11.2. The summed E-state index contributed by atoms with van der Waals surface area (Å²) in [5.74, 6) is -4.22. The maximum Gasteiger partial charge on any atom is 0.400 e. The van der Waals surface area contributed by atoms with Gasteiger partial charge in [-0.1, -0.05) is 0 Å². The van der Waals surface area contributed by atoms with E-state index >= 15 is 0 Å². The lowest BCUT2D eigenvalue weighted by molar-refractivity contribution is -0.139. The maximum atomic E-state index is 12.2. The van der Waals surface area contributed by atoms with Crippen molar-refractivity contribution in [3.8, 4) is 0 Å². The fraction of sp³-hybridized carbons (Fsp3) is 0.286. The molecule has 1 rings (SSSR count). The van der Waals surface area contributed by atoms with E-state index in [9.17, 15) is 32.7 Å². The normalized spacial score (nSPS) is 11.1. The number of halogens is 3. The molecule has 166 valence electrons. The van der Waals surface area contributed by atoms with Crippen molar-refractivity contribution in [1.82, 2.24) is 0 Å². The molecule has 0 saturated carbocycles. The number of rotatable bonds is 9. The van der Waals surface area contributed by atoms with E-state index in [4.69, 9.17) is 5.11 Å². The minimum Gasteiger partial charge on any atom is -0.479 e. The molecule has 0 heterocycles. The van der Waals surface area contributed by atoms with Gasteiger partial charge >= 0.3 is 22.3 Å². The predicted molar refractivity (Wildman–Crippen MR) is 128 cm³/mol. The van der Waals surface area contributed by atoms with Crippen molar-refractivity contribution >= 4 is 113 Å². The summed E-state index contributed by atoms with van der Waals surface area (Å²) in [5, 5.41) is 20.3. The van der Waals surface area contributed by atoms with Crippen LogP contribution in [0.3, 0.4) is 0 Å². The molecule has 0 atom stereocenters. The molecule has 0 fully saturated rings. The molecule has 3 N–H and O–H groups in total. The number of carbonyl (C=O) groups excluding carboxylic acids is 2. The van der Waals surface area contributed by atoms with Crippen LogP contribution in [0.4, 0.5) is 11.4 Å². The van der Waals surface area contributed by atoms with Crippen molar-refractivity contribution in [3.63, 3.8) is 0 Å². The van der Waals surface area contributed by atoms with Gasteiger partial charge in [0.15, 0.2) is 6.61 Å². The van der Waals surface area contributed by atoms with Gasteiger partial charge in [0.1, 0.15) is 6.61 Å². The number of hydrogen-bond acceptors (Lipinski definition) is 8. The number of carboxylic acids is 2. The summed E-state index contributed by atoms with van der Waals surface area (Å²) in [7, 11) is -3.31. The van der Waals surface area contributed by atoms with Crippen LogP contribution in [0.2, 0.25) is 0 Å². The lowest BCUT2D eigenvalue weighted by Gasteiger charge is -2.23. The Balaban J connectivity index is 3.25. The van der Waals surface area contributed by atoms with Crippen molar-refractivity contribution in [2.24, 2.45) is 0 Å². The van der Waals surface area contributed by atoms with Gasteiger partial charge in [-0.25, -0.2) is 18.0 Å². The average Bonchev–Trinajstić information content (AvgIpc) is 2.61. The smallest absolute Gasteiger partial charge is 0.400 e. The van der Waals surface area contributed by atoms with E-state index in [2.05, 4.69) is 13.7 Å².